The van der Waals surface area contributed by atoms with Crippen molar-refractivity contribution in [1.29, 1.82) is 0 Å². The number of hydrogen-bond donors (Lipinski definition) is 1. The molecule has 76 valence electrons. The Morgan fingerprint density at radius 3 is 3.07 bits per heavy atom. The van der Waals surface area contributed by atoms with Crippen LogP contribution in [0.3, 0.4) is 0 Å². The highest BCUT2D eigenvalue weighted by atomic mass is 79.9. The van der Waals surface area contributed by atoms with Crippen molar-refractivity contribution in [3.63, 3.8) is 0 Å². The second-order valence-electron chi connectivity index (χ2n) is 3.64. The summed E-state index contributed by atoms with van der Waals surface area (Å²) in [7, 11) is 0. The summed E-state index contributed by atoms with van der Waals surface area (Å²) >= 11 is 3.34. The fraction of sp³-hybridized carbons (Fsp3) is 0.500. The van der Waals surface area contributed by atoms with E-state index in [4.69, 9.17) is 0 Å². The van der Waals surface area contributed by atoms with E-state index in [0.29, 0.717) is 6.04 Å². The monoisotopic (exact) mass is 255 g/mol. The lowest BCUT2D eigenvalue weighted by atomic mass is 10.2. The van der Waals surface area contributed by atoms with Gasteiger partial charge in [0.05, 0.1) is 11.9 Å². The minimum Gasteiger partial charge on any atom is -0.367 e. The molecule has 14 heavy (non-hydrogen) atoms. The Labute approximate surface area is 92.6 Å². The van der Waals surface area contributed by atoms with Crippen LogP contribution in [-0.4, -0.2) is 30.7 Å². The normalized spacial score (nSPS) is 22.4. The maximum atomic E-state index is 4.23. The van der Waals surface area contributed by atoms with Gasteiger partial charge in [-0.25, -0.2) is 4.98 Å². The SMILES string of the molecule is CC1CN(c2ccc(Br)nc2)CCN1. The van der Waals surface area contributed by atoms with Crippen molar-refractivity contribution in [2.24, 2.45) is 0 Å². The van der Waals surface area contributed by atoms with E-state index < -0.39 is 0 Å². The summed E-state index contributed by atoms with van der Waals surface area (Å²) in [5.41, 5.74) is 1.21. The summed E-state index contributed by atoms with van der Waals surface area (Å²) in [6, 6.07) is 4.66. The number of nitrogens with zero attached hydrogens (tertiary/aromatic N) is 2. The third-order valence-electron chi connectivity index (χ3n) is 2.45. The molecule has 0 bridgehead atoms. The molecule has 0 aliphatic carbocycles. The molecule has 0 amide bonds. The Morgan fingerprint density at radius 2 is 2.43 bits per heavy atom. The van der Waals surface area contributed by atoms with Gasteiger partial charge in [0.2, 0.25) is 0 Å². The summed E-state index contributed by atoms with van der Waals surface area (Å²) in [5, 5.41) is 3.42. The number of aromatic nitrogens is 1. The molecule has 3 nitrogen and oxygen atoms in total. The van der Waals surface area contributed by atoms with Gasteiger partial charge in [-0.05, 0) is 35.0 Å². The number of piperazine rings is 1. The Morgan fingerprint density at radius 1 is 1.57 bits per heavy atom. The zero-order valence-corrected chi connectivity index (χ0v) is 9.79. The first-order valence-corrected chi connectivity index (χ1v) is 5.65. The molecule has 2 rings (SSSR count). The van der Waals surface area contributed by atoms with Gasteiger partial charge in [-0.15, -0.1) is 0 Å². The van der Waals surface area contributed by atoms with Crippen molar-refractivity contribution in [3.05, 3.63) is 22.9 Å². The highest BCUT2D eigenvalue weighted by Crippen LogP contribution is 2.16. The van der Waals surface area contributed by atoms with Crippen LogP contribution in [0.4, 0.5) is 5.69 Å². The quantitative estimate of drug-likeness (QED) is 0.774. The summed E-state index contributed by atoms with van der Waals surface area (Å²) < 4.78 is 0.893. The zero-order valence-electron chi connectivity index (χ0n) is 8.20. The van der Waals surface area contributed by atoms with E-state index in [-0.39, 0.29) is 0 Å². The van der Waals surface area contributed by atoms with Crippen molar-refractivity contribution >= 4 is 21.6 Å². The van der Waals surface area contributed by atoms with Gasteiger partial charge in [-0.2, -0.15) is 0 Å². The van der Waals surface area contributed by atoms with Gasteiger partial charge < -0.3 is 10.2 Å². The molecule has 1 aliphatic rings. The molecule has 2 heterocycles. The van der Waals surface area contributed by atoms with Crippen molar-refractivity contribution in [2.75, 3.05) is 24.5 Å². The second kappa shape index (κ2) is 4.28. The zero-order chi connectivity index (χ0) is 9.97. The molecule has 1 aliphatic heterocycles. The first kappa shape index (κ1) is 9.93. The molecule has 1 aromatic heterocycles. The average molecular weight is 256 g/mol. The van der Waals surface area contributed by atoms with Gasteiger partial charge >= 0.3 is 0 Å². The minimum atomic E-state index is 0.562. The van der Waals surface area contributed by atoms with Gasteiger partial charge in [0, 0.05) is 25.7 Å². The third-order valence-corrected chi connectivity index (χ3v) is 2.91. The number of pyridine rings is 1. The van der Waals surface area contributed by atoms with E-state index in [1.807, 2.05) is 12.3 Å². The van der Waals surface area contributed by atoms with Crippen molar-refractivity contribution in [2.45, 2.75) is 13.0 Å². The molecule has 1 aromatic rings. The third kappa shape index (κ3) is 2.25. The van der Waals surface area contributed by atoms with Crippen LogP contribution in [0.1, 0.15) is 6.92 Å². The van der Waals surface area contributed by atoms with Gasteiger partial charge in [0.25, 0.3) is 0 Å². The Bertz CT molecular complexity index is 299. The maximum absolute atomic E-state index is 4.23. The summed E-state index contributed by atoms with van der Waals surface area (Å²) in [6.07, 6.45) is 1.92. The van der Waals surface area contributed by atoms with E-state index in [1.165, 1.54) is 5.69 Å². The fourth-order valence-electron chi connectivity index (χ4n) is 1.72. The number of nitrogens with one attached hydrogen (secondary N) is 1. The van der Waals surface area contributed by atoms with Crippen LogP contribution >= 0.6 is 15.9 Å². The number of halogens is 1. The van der Waals surface area contributed by atoms with Crippen LogP contribution < -0.4 is 10.2 Å². The summed E-state index contributed by atoms with van der Waals surface area (Å²) in [5.74, 6) is 0. The molecular weight excluding hydrogens is 242 g/mol. The molecule has 0 saturated carbocycles. The molecular formula is C10H14BrN3. The lowest BCUT2D eigenvalue weighted by Crippen LogP contribution is -2.49. The highest BCUT2D eigenvalue weighted by molar-refractivity contribution is 9.10. The van der Waals surface area contributed by atoms with E-state index in [0.717, 1.165) is 24.2 Å². The molecule has 1 N–H and O–H groups in total. The van der Waals surface area contributed by atoms with Gasteiger partial charge in [0.1, 0.15) is 4.60 Å². The number of hydrogen-bond acceptors (Lipinski definition) is 3. The molecule has 0 spiro atoms. The first-order chi connectivity index (χ1) is 6.75. The predicted octanol–water partition coefficient (Wildman–Crippen LogP) is 1.64. The van der Waals surface area contributed by atoms with Crippen LogP contribution in [0.5, 0.6) is 0 Å². The van der Waals surface area contributed by atoms with Crippen LogP contribution in [0, 0.1) is 0 Å². The Hall–Kier alpha value is -0.610. The fourth-order valence-corrected chi connectivity index (χ4v) is 1.96. The molecule has 1 fully saturated rings. The molecule has 0 radical (unpaired) electrons. The van der Waals surface area contributed by atoms with Crippen molar-refractivity contribution in [1.82, 2.24) is 10.3 Å². The van der Waals surface area contributed by atoms with E-state index >= 15 is 0 Å². The Balaban J connectivity index is 2.10. The molecule has 1 atom stereocenters. The van der Waals surface area contributed by atoms with Gasteiger partial charge in [-0.1, -0.05) is 0 Å². The topological polar surface area (TPSA) is 28.2 Å². The van der Waals surface area contributed by atoms with E-state index in [2.05, 4.69) is 44.1 Å². The van der Waals surface area contributed by atoms with Gasteiger partial charge in [-0.3, -0.25) is 0 Å². The van der Waals surface area contributed by atoms with E-state index in [9.17, 15) is 0 Å². The van der Waals surface area contributed by atoms with Crippen LogP contribution in [0.2, 0.25) is 0 Å². The summed E-state index contributed by atoms with van der Waals surface area (Å²) in [6.45, 7) is 5.38. The number of rotatable bonds is 1. The molecule has 1 unspecified atom stereocenters. The van der Waals surface area contributed by atoms with Crippen LogP contribution in [-0.2, 0) is 0 Å². The largest absolute Gasteiger partial charge is 0.367 e. The molecule has 4 heteroatoms. The van der Waals surface area contributed by atoms with Gasteiger partial charge in [0.15, 0.2) is 0 Å². The lowest BCUT2D eigenvalue weighted by Gasteiger charge is -2.33. The minimum absolute atomic E-state index is 0.562. The van der Waals surface area contributed by atoms with Crippen molar-refractivity contribution < 1.29 is 0 Å². The standard InChI is InChI=1S/C10H14BrN3/c1-8-7-14(5-4-12-8)9-2-3-10(11)13-6-9/h2-3,6,8,12H,4-5,7H2,1H3. The lowest BCUT2D eigenvalue weighted by molar-refractivity contribution is 0.484. The van der Waals surface area contributed by atoms with Crippen molar-refractivity contribution in [3.8, 4) is 0 Å². The Kier molecular flexibility index (Phi) is 3.03. The first-order valence-electron chi connectivity index (χ1n) is 4.85. The smallest absolute Gasteiger partial charge is 0.106 e. The molecule has 1 saturated heterocycles. The predicted molar refractivity (Wildman–Crippen MR) is 61.6 cm³/mol. The van der Waals surface area contributed by atoms with Crippen LogP contribution in [0.25, 0.3) is 0 Å². The second-order valence-corrected chi connectivity index (χ2v) is 4.45. The van der Waals surface area contributed by atoms with E-state index in [1.54, 1.807) is 0 Å². The summed E-state index contributed by atoms with van der Waals surface area (Å²) in [4.78, 5) is 6.60. The molecule has 0 aromatic carbocycles. The average Bonchev–Trinajstić information content (AvgIpc) is 2.19. The maximum Gasteiger partial charge on any atom is 0.106 e. The van der Waals surface area contributed by atoms with Crippen LogP contribution in [0.15, 0.2) is 22.9 Å². The highest BCUT2D eigenvalue weighted by Gasteiger charge is 2.15. The number of anilines is 1.